The van der Waals surface area contributed by atoms with E-state index in [2.05, 4.69) is 20.5 Å². The van der Waals surface area contributed by atoms with Gasteiger partial charge in [-0.15, -0.1) is 0 Å². The summed E-state index contributed by atoms with van der Waals surface area (Å²) in [6.07, 6.45) is 6.09. The molecule has 0 spiro atoms. The lowest BCUT2D eigenvalue weighted by Crippen LogP contribution is -2.39. The summed E-state index contributed by atoms with van der Waals surface area (Å²) in [7, 11) is -3.52. The Balaban J connectivity index is 1.97. The molecular formula is C18H20N4O2S. The van der Waals surface area contributed by atoms with Crippen LogP contribution < -0.4 is 9.44 Å². The molecule has 1 unspecified atom stereocenters. The Morgan fingerprint density at radius 1 is 1.28 bits per heavy atom. The first-order valence-electron chi connectivity index (χ1n) is 8.28. The molecule has 0 aliphatic heterocycles. The van der Waals surface area contributed by atoms with E-state index in [1.54, 1.807) is 31.5 Å². The molecule has 0 saturated heterocycles. The number of hydrogen-bond donors (Lipinski definition) is 2. The van der Waals surface area contributed by atoms with Gasteiger partial charge >= 0.3 is 0 Å². The minimum absolute atomic E-state index is 0.279. The van der Waals surface area contributed by atoms with Gasteiger partial charge < -0.3 is 0 Å². The standard InChI is InChI=1S/C18H20N4O2S/c1-2-21-25(23,24)22-18-5-3-4-15-16(11-20-12-17(15)18)14-8-6-13(10-19)7-9-14/h6-9,11-12,18,21-22H,2-5H2,1H3. The van der Waals surface area contributed by atoms with Gasteiger partial charge in [0.2, 0.25) is 0 Å². The lowest BCUT2D eigenvalue weighted by molar-refractivity contribution is 0.500. The normalized spacial score (nSPS) is 16.9. The van der Waals surface area contributed by atoms with Gasteiger partial charge in [-0.3, -0.25) is 4.98 Å². The van der Waals surface area contributed by atoms with E-state index in [9.17, 15) is 8.42 Å². The average Bonchev–Trinajstić information content (AvgIpc) is 2.61. The molecule has 1 aromatic heterocycles. The molecule has 3 rings (SSSR count). The van der Waals surface area contributed by atoms with Gasteiger partial charge in [0.1, 0.15) is 0 Å². The van der Waals surface area contributed by atoms with Crippen molar-refractivity contribution in [1.82, 2.24) is 14.4 Å². The van der Waals surface area contributed by atoms with Crippen molar-refractivity contribution in [2.45, 2.75) is 32.2 Å². The van der Waals surface area contributed by atoms with Crippen molar-refractivity contribution >= 4 is 10.2 Å². The van der Waals surface area contributed by atoms with E-state index < -0.39 is 10.2 Å². The van der Waals surface area contributed by atoms with Crippen molar-refractivity contribution in [3.8, 4) is 17.2 Å². The fourth-order valence-electron chi connectivity index (χ4n) is 3.24. The quantitative estimate of drug-likeness (QED) is 0.860. The molecule has 0 fully saturated rings. The van der Waals surface area contributed by atoms with Crippen molar-refractivity contribution in [3.63, 3.8) is 0 Å². The summed E-state index contributed by atoms with van der Waals surface area (Å²) in [6, 6.07) is 9.21. The second-order valence-electron chi connectivity index (χ2n) is 6.01. The maximum absolute atomic E-state index is 12.1. The second-order valence-corrected chi connectivity index (χ2v) is 7.54. The zero-order chi connectivity index (χ0) is 17.9. The maximum Gasteiger partial charge on any atom is 0.277 e. The highest BCUT2D eigenvalue weighted by molar-refractivity contribution is 7.87. The van der Waals surface area contributed by atoms with E-state index in [0.29, 0.717) is 12.1 Å². The molecule has 1 heterocycles. The van der Waals surface area contributed by atoms with Crippen LogP contribution in [0.3, 0.4) is 0 Å². The van der Waals surface area contributed by atoms with Gasteiger partial charge in [-0.2, -0.15) is 18.4 Å². The van der Waals surface area contributed by atoms with Gasteiger partial charge in [-0.1, -0.05) is 19.1 Å². The Morgan fingerprint density at radius 3 is 2.72 bits per heavy atom. The summed E-state index contributed by atoms with van der Waals surface area (Å²) in [6.45, 7) is 2.09. The van der Waals surface area contributed by atoms with E-state index in [4.69, 9.17) is 5.26 Å². The minimum atomic E-state index is -3.52. The number of fused-ring (bicyclic) bond motifs is 1. The van der Waals surface area contributed by atoms with E-state index in [1.165, 1.54) is 0 Å². The predicted octanol–water partition coefficient (Wildman–Crippen LogP) is 2.44. The number of benzene rings is 1. The molecule has 2 N–H and O–H groups in total. The molecular weight excluding hydrogens is 336 g/mol. The summed E-state index contributed by atoms with van der Waals surface area (Å²) < 4.78 is 29.3. The van der Waals surface area contributed by atoms with Crippen LogP contribution in [-0.4, -0.2) is 19.9 Å². The van der Waals surface area contributed by atoms with E-state index in [-0.39, 0.29) is 6.04 Å². The molecule has 2 aromatic rings. The van der Waals surface area contributed by atoms with E-state index in [0.717, 1.165) is 41.5 Å². The summed E-state index contributed by atoms with van der Waals surface area (Å²) >= 11 is 0. The Bertz CT molecular complexity index is 902. The first-order chi connectivity index (χ1) is 12.0. The molecule has 0 saturated carbocycles. The summed E-state index contributed by atoms with van der Waals surface area (Å²) in [5, 5.41) is 8.94. The average molecular weight is 356 g/mol. The second kappa shape index (κ2) is 7.31. The van der Waals surface area contributed by atoms with Crippen molar-refractivity contribution in [3.05, 3.63) is 53.3 Å². The van der Waals surface area contributed by atoms with Crippen LogP contribution in [0.25, 0.3) is 11.1 Å². The number of aromatic nitrogens is 1. The van der Waals surface area contributed by atoms with Crippen molar-refractivity contribution in [2.24, 2.45) is 0 Å². The zero-order valence-corrected chi connectivity index (χ0v) is 14.8. The fraction of sp³-hybridized carbons (Fsp3) is 0.333. The molecule has 0 bridgehead atoms. The molecule has 1 aliphatic rings. The van der Waals surface area contributed by atoms with Crippen molar-refractivity contribution in [2.75, 3.05) is 6.54 Å². The largest absolute Gasteiger partial charge is 0.277 e. The number of nitrogens with zero attached hydrogens (tertiary/aromatic N) is 2. The summed E-state index contributed by atoms with van der Waals surface area (Å²) in [5.41, 5.74) is 4.63. The highest BCUT2D eigenvalue weighted by Crippen LogP contribution is 2.35. The van der Waals surface area contributed by atoms with Gasteiger partial charge in [0, 0.05) is 30.5 Å². The topological polar surface area (TPSA) is 94.9 Å². The first kappa shape index (κ1) is 17.5. The number of hydrogen-bond acceptors (Lipinski definition) is 4. The third kappa shape index (κ3) is 3.87. The Labute approximate surface area is 148 Å². The molecule has 1 aromatic carbocycles. The van der Waals surface area contributed by atoms with Crippen LogP contribution in [0.5, 0.6) is 0 Å². The molecule has 6 nitrogen and oxygen atoms in total. The zero-order valence-electron chi connectivity index (χ0n) is 14.0. The van der Waals surface area contributed by atoms with Gasteiger partial charge in [0.25, 0.3) is 10.2 Å². The molecule has 1 atom stereocenters. The van der Waals surface area contributed by atoms with Crippen LogP contribution in [0.4, 0.5) is 0 Å². The van der Waals surface area contributed by atoms with Gasteiger partial charge in [-0.25, -0.2) is 4.72 Å². The van der Waals surface area contributed by atoms with Crippen LogP contribution in [0.2, 0.25) is 0 Å². The van der Waals surface area contributed by atoms with Gasteiger partial charge in [0.15, 0.2) is 0 Å². The monoisotopic (exact) mass is 356 g/mol. The number of rotatable bonds is 5. The third-order valence-corrected chi connectivity index (χ3v) is 5.61. The van der Waals surface area contributed by atoms with Crippen molar-refractivity contribution < 1.29 is 8.42 Å². The Hall–Kier alpha value is -2.27. The van der Waals surface area contributed by atoms with E-state index >= 15 is 0 Å². The number of nitriles is 1. The highest BCUT2D eigenvalue weighted by atomic mass is 32.2. The third-order valence-electron chi connectivity index (χ3n) is 4.34. The Morgan fingerprint density at radius 2 is 2.04 bits per heavy atom. The summed E-state index contributed by atoms with van der Waals surface area (Å²) in [4.78, 5) is 4.32. The van der Waals surface area contributed by atoms with Crippen LogP contribution in [0.1, 0.15) is 42.5 Å². The molecule has 0 radical (unpaired) electrons. The van der Waals surface area contributed by atoms with E-state index in [1.807, 2.05) is 12.1 Å². The number of nitrogens with one attached hydrogen (secondary N) is 2. The fourth-order valence-corrected chi connectivity index (χ4v) is 4.32. The highest BCUT2D eigenvalue weighted by Gasteiger charge is 2.26. The first-order valence-corrected chi connectivity index (χ1v) is 9.76. The Kier molecular flexibility index (Phi) is 5.13. The van der Waals surface area contributed by atoms with Crippen molar-refractivity contribution in [1.29, 1.82) is 5.26 Å². The van der Waals surface area contributed by atoms with Crippen LogP contribution >= 0.6 is 0 Å². The molecule has 0 amide bonds. The lowest BCUT2D eigenvalue weighted by atomic mass is 9.85. The lowest BCUT2D eigenvalue weighted by Gasteiger charge is -2.27. The minimum Gasteiger partial charge on any atom is -0.264 e. The molecule has 130 valence electrons. The smallest absolute Gasteiger partial charge is 0.264 e. The maximum atomic E-state index is 12.1. The van der Waals surface area contributed by atoms with Crippen LogP contribution in [0.15, 0.2) is 36.7 Å². The molecule has 25 heavy (non-hydrogen) atoms. The molecule has 1 aliphatic carbocycles. The summed E-state index contributed by atoms with van der Waals surface area (Å²) in [5.74, 6) is 0. The number of pyridine rings is 1. The SMILES string of the molecule is CCNS(=O)(=O)NC1CCCc2c(-c3ccc(C#N)cc3)cncc21. The predicted molar refractivity (Wildman–Crippen MR) is 95.8 cm³/mol. The van der Waals surface area contributed by atoms with Crippen LogP contribution in [0, 0.1) is 11.3 Å². The molecule has 7 heteroatoms. The van der Waals surface area contributed by atoms with Crippen LogP contribution in [-0.2, 0) is 16.6 Å². The van der Waals surface area contributed by atoms with Gasteiger partial charge in [-0.05, 0) is 48.1 Å². The van der Waals surface area contributed by atoms with Gasteiger partial charge in [0.05, 0.1) is 11.6 Å².